The van der Waals surface area contributed by atoms with Gasteiger partial charge in [-0.3, -0.25) is 0 Å². The van der Waals surface area contributed by atoms with Gasteiger partial charge < -0.3 is 20.3 Å². The summed E-state index contributed by atoms with van der Waals surface area (Å²) in [7, 11) is 1.98. The maximum Gasteiger partial charge on any atom is 0.225 e. The Hall–Kier alpha value is -1.89. The van der Waals surface area contributed by atoms with Crippen molar-refractivity contribution < 1.29 is 4.74 Å². The van der Waals surface area contributed by atoms with Gasteiger partial charge in [-0.25, -0.2) is 9.97 Å². The fourth-order valence-corrected chi connectivity index (χ4v) is 4.53. The van der Waals surface area contributed by atoms with Gasteiger partial charge in [-0.15, -0.1) is 0 Å². The van der Waals surface area contributed by atoms with Crippen LogP contribution in [0.5, 0.6) is 5.75 Å². The Morgan fingerprint density at radius 3 is 2.41 bits per heavy atom. The van der Waals surface area contributed by atoms with E-state index in [1.165, 1.54) is 36.0 Å². The highest BCUT2D eigenvalue weighted by Gasteiger charge is 2.20. The minimum absolute atomic E-state index is 0.584. The van der Waals surface area contributed by atoms with Gasteiger partial charge in [-0.2, -0.15) is 0 Å². The highest BCUT2D eigenvalue weighted by Crippen LogP contribution is 2.26. The molecule has 0 radical (unpaired) electrons. The number of piperidine rings is 1. The van der Waals surface area contributed by atoms with Crippen LogP contribution in [0.2, 0.25) is 5.02 Å². The SMILES string of the molecule is CNCCNCCc1c(C)cc(OCCCC2CCN(c3ncc(Cl)cn3)CC2)cc1C. The zero-order valence-corrected chi connectivity index (χ0v) is 20.5. The van der Waals surface area contributed by atoms with Crippen LogP contribution in [0.1, 0.15) is 42.4 Å². The first kappa shape index (κ1) is 24.7. The second kappa shape index (κ2) is 13.0. The molecule has 0 bridgehead atoms. The summed E-state index contributed by atoms with van der Waals surface area (Å²) >= 11 is 5.89. The summed E-state index contributed by atoms with van der Waals surface area (Å²) in [6, 6.07) is 4.39. The molecule has 0 aliphatic carbocycles. The average Bonchev–Trinajstić information content (AvgIpc) is 2.79. The summed E-state index contributed by atoms with van der Waals surface area (Å²) in [4.78, 5) is 10.9. The molecule has 1 fully saturated rings. The zero-order valence-electron chi connectivity index (χ0n) is 19.8. The minimum atomic E-state index is 0.584. The lowest BCUT2D eigenvalue weighted by atomic mass is 9.92. The van der Waals surface area contributed by atoms with Crippen molar-refractivity contribution in [3.63, 3.8) is 0 Å². The van der Waals surface area contributed by atoms with Gasteiger partial charge >= 0.3 is 0 Å². The van der Waals surface area contributed by atoms with Crippen molar-refractivity contribution in [3.05, 3.63) is 46.2 Å². The maximum absolute atomic E-state index is 6.11. The third kappa shape index (κ3) is 7.61. The Kier molecular flexibility index (Phi) is 10.0. The third-order valence-corrected chi connectivity index (χ3v) is 6.50. The molecule has 1 aliphatic rings. The molecule has 1 aromatic heterocycles. The molecule has 176 valence electrons. The van der Waals surface area contributed by atoms with E-state index in [2.05, 4.69) is 51.5 Å². The first-order chi connectivity index (χ1) is 15.6. The number of likely N-dealkylation sites (N-methyl/N-ethyl adjacent to an activating group) is 1. The van der Waals surface area contributed by atoms with Gasteiger partial charge in [0.2, 0.25) is 5.95 Å². The first-order valence-electron chi connectivity index (χ1n) is 11.9. The molecule has 0 saturated carbocycles. The summed E-state index contributed by atoms with van der Waals surface area (Å²) in [5.41, 5.74) is 4.09. The van der Waals surface area contributed by atoms with E-state index in [-0.39, 0.29) is 0 Å². The molecule has 0 atom stereocenters. The number of nitrogens with one attached hydrogen (secondary N) is 2. The standard InChI is InChI=1S/C25H38ClN5O/c1-19-15-23(16-20(2)24(19)6-9-28-11-10-27-3)32-14-4-5-21-7-12-31(13-8-21)25-29-17-22(26)18-30-25/h15-18,21,27-28H,4-14H2,1-3H3. The lowest BCUT2D eigenvalue weighted by Crippen LogP contribution is -2.34. The molecule has 1 aromatic carbocycles. The number of rotatable bonds is 12. The molecule has 1 saturated heterocycles. The van der Waals surface area contributed by atoms with Crippen molar-refractivity contribution in [2.24, 2.45) is 5.92 Å². The number of hydrogen-bond donors (Lipinski definition) is 2. The Morgan fingerprint density at radius 1 is 1.06 bits per heavy atom. The molecule has 2 N–H and O–H groups in total. The summed E-state index contributed by atoms with van der Waals surface area (Å²) in [6.45, 7) is 10.2. The largest absolute Gasteiger partial charge is 0.494 e. The summed E-state index contributed by atoms with van der Waals surface area (Å²) in [5, 5.41) is 7.23. The van der Waals surface area contributed by atoms with Gasteiger partial charge in [-0.1, -0.05) is 11.6 Å². The molecular formula is C25H38ClN5O. The Labute approximate surface area is 198 Å². The van der Waals surface area contributed by atoms with Gasteiger partial charge in [0.15, 0.2) is 0 Å². The molecule has 0 spiro atoms. The number of aromatic nitrogens is 2. The van der Waals surface area contributed by atoms with Crippen LogP contribution in [-0.4, -0.2) is 56.3 Å². The van der Waals surface area contributed by atoms with Crippen LogP contribution in [0.15, 0.2) is 24.5 Å². The monoisotopic (exact) mass is 459 g/mol. The normalized spacial score (nSPS) is 14.7. The van der Waals surface area contributed by atoms with E-state index in [1.54, 1.807) is 12.4 Å². The van der Waals surface area contributed by atoms with Crippen molar-refractivity contribution in [2.75, 3.05) is 51.3 Å². The van der Waals surface area contributed by atoms with Crippen molar-refractivity contribution in [2.45, 2.75) is 46.0 Å². The van der Waals surface area contributed by atoms with E-state index in [0.717, 1.165) is 69.8 Å². The number of nitrogens with zero attached hydrogens (tertiary/aromatic N) is 3. The molecule has 7 heteroatoms. The molecule has 6 nitrogen and oxygen atoms in total. The smallest absolute Gasteiger partial charge is 0.225 e. The second-order valence-corrected chi connectivity index (χ2v) is 9.20. The van der Waals surface area contributed by atoms with Crippen molar-refractivity contribution in [3.8, 4) is 5.75 Å². The van der Waals surface area contributed by atoms with Gasteiger partial charge in [0.1, 0.15) is 5.75 Å². The van der Waals surface area contributed by atoms with Gasteiger partial charge in [-0.05, 0) is 94.3 Å². The third-order valence-electron chi connectivity index (χ3n) is 6.30. The number of hydrogen-bond acceptors (Lipinski definition) is 6. The van der Waals surface area contributed by atoms with Crippen LogP contribution < -0.4 is 20.3 Å². The number of ether oxygens (including phenoxy) is 1. The van der Waals surface area contributed by atoms with E-state index in [9.17, 15) is 0 Å². The van der Waals surface area contributed by atoms with Gasteiger partial charge in [0, 0.05) is 26.2 Å². The number of aryl methyl sites for hydroxylation is 2. The Balaban J connectivity index is 1.35. The zero-order chi connectivity index (χ0) is 22.8. The van der Waals surface area contributed by atoms with Crippen LogP contribution in [-0.2, 0) is 6.42 Å². The van der Waals surface area contributed by atoms with Gasteiger partial charge in [0.25, 0.3) is 0 Å². The van der Waals surface area contributed by atoms with Crippen LogP contribution in [0.3, 0.4) is 0 Å². The number of benzene rings is 1. The molecular weight excluding hydrogens is 422 g/mol. The fourth-order valence-electron chi connectivity index (χ4n) is 4.44. The molecule has 2 heterocycles. The maximum atomic E-state index is 6.11. The quantitative estimate of drug-likeness (QED) is 0.464. The topological polar surface area (TPSA) is 62.3 Å². The van der Waals surface area contributed by atoms with Gasteiger partial charge in [0.05, 0.1) is 24.0 Å². The average molecular weight is 460 g/mol. The Morgan fingerprint density at radius 2 is 1.75 bits per heavy atom. The molecule has 32 heavy (non-hydrogen) atoms. The number of halogens is 1. The van der Waals surface area contributed by atoms with E-state index in [0.29, 0.717) is 5.02 Å². The highest BCUT2D eigenvalue weighted by atomic mass is 35.5. The molecule has 3 rings (SSSR count). The predicted octanol–water partition coefficient (Wildman–Crippen LogP) is 4.17. The van der Waals surface area contributed by atoms with E-state index >= 15 is 0 Å². The highest BCUT2D eigenvalue weighted by molar-refractivity contribution is 6.30. The van der Waals surface area contributed by atoms with Crippen molar-refractivity contribution in [1.29, 1.82) is 0 Å². The van der Waals surface area contributed by atoms with E-state index in [4.69, 9.17) is 16.3 Å². The first-order valence-corrected chi connectivity index (χ1v) is 12.3. The van der Waals surface area contributed by atoms with Crippen LogP contribution >= 0.6 is 11.6 Å². The molecule has 1 aliphatic heterocycles. The second-order valence-electron chi connectivity index (χ2n) is 8.76. The minimum Gasteiger partial charge on any atom is -0.494 e. The van der Waals surface area contributed by atoms with Crippen LogP contribution in [0.4, 0.5) is 5.95 Å². The van der Waals surface area contributed by atoms with Crippen LogP contribution in [0.25, 0.3) is 0 Å². The van der Waals surface area contributed by atoms with Crippen molar-refractivity contribution in [1.82, 2.24) is 20.6 Å². The lowest BCUT2D eigenvalue weighted by molar-refractivity contribution is 0.278. The predicted molar refractivity (Wildman–Crippen MR) is 133 cm³/mol. The molecule has 0 amide bonds. The van der Waals surface area contributed by atoms with E-state index < -0.39 is 0 Å². The Bertz CT molecular complexity index is 799. The summed E-state index contributed by atoms with van der Waals surface area (Å²) < 4.78 is 6.11. The summed E-state index contributed by atoms with van der Waals surface area (Å²) in [5.74, 6) is 2.55. The van der Waals surface area contributed by atoms with E-state index in [1.807, 2.05) is 7.05 Å². The lowest BCUT2D eigenvalue weighted by Gasteiger charge is -2.32. The summed E-state index contributed by atoms with van der Waals surface area (Å²) in [6.07, 6.45) is 9.07. The molecule has 2 aromatic rings. The fraction of sp³-hybridized carbons (Fsp3) is 0.600. The van der Waals surface area contributed by atoms with Crippen LogP contribution in [0, 0.1) is 19.8 Å². The number of anilines is 1. The van der Waals surface area contributed by atoms with Crippen molar-refractivity contribution >= 4 is 17.5 Å². The molecule has 0 unspecified atom stereocenters.